The van der Waals surface area contributed by atoms with Gasteiger partial charge in [-0.25, -0.2) is 0 Å². The molecule has 1 radical (unpaired) electrons. The van der Waals surface area contributed by atoms with Gasteiger partial charge in [-0.2, -0.15) is 0 Å². The Labute approximate surface area is 79.7 Å². The minimum absolute atomic E-state index is 0.668. The van der Waals surface area contributed by atoms with E-state index in [0.717, 1.165) is 10.4 Å². The number of rotatable bonds is 1. The lowest BCUT2D eigenvalue weighted by Crippen LogP contribution is -1.75. The maximum absolute atomic E-state index is 5.79. The first-order chi connectivity index (χ1) is 5.86. The molecule has 3 heteroatoms. The Morgan fingerprint density at radius 2 is 2.33 bits per heavy atom. The van der Waals surface area contributed by atoms with Crippen LogP contribution in [0, 0.1) is 5.38 Å². The van der Waals surface area contributed by atoms with Crippen LogP contribution in [0.25, 0.3) is 10.4 Å². The van der Waals surface area contributed by atoms with Crippen molar-refractivity contribution in [3.63, 3.8) is 0 Å². The smallest absolute Gasteiger partial charge is 0.0595 e. The maximum Gasteiger partial charge on any atom is 0.0595 e. The van der Waals surface area contributed by atoms with Crippen molar-refractivity contribution < 1.29 is 0 Å². The SMILES string of the molecule is Clc1cncc(-c2cc[c]s2)c1. The fourth-order valence-electron chi connectivity index (χ4n) is 0.943. The fourth-order valence-corrected chi connectivity index (χ4v) is 1.75. The molecule has 2 heterocycles. The second kappa shape index (κ2) is 3.25. The molecule has 0 aliphatic rings. The number of thiophene rings is 1. The van der Waals surface area contributed by atoms with Gasteiger partial charge in [-0.1, -0.05) is 11.6 Å². The molecular formula is C9H5ClNS. The van der Waals surface area contributed by atoms with Crippen LogP contribution in [0.2, 0.25) is 5.02 Å². The lowest BCUT2D eigenvalue weighted by molar-refractivity contribution is 1.33. The first-order valence-electron chi connectivity index (χ1n) is 3.43. The topological polar surface area (TPSA) is 12.9 Å². The first-order valence-corrected chi connectivity index (χ1v) is 4.62. The third kappa shape index (κ3) is 1.49. The van der Waals surface area contributed by atoms with E-state index in [1.54, 1.807) is 23.7 Å². The van der Waals surface area contributed by atoms with Crippen molar-refractivity contribution in [2.75, 3.05) is 0 Å². The average Bonchev–Trinajstić information content (AvgIpc) is 2.56. The van der Waals surface area contributed by atoms with Crippen LogP contribution in [-0.2, 0) is 0 Å². The monoisotopic (exact) mass is 194 g/mol. The maximum atomic E-state index is 5.79. The van der Waals surface area contributed by atoms with E-state index < -0.39 is 0 Å². The minimum Gasteiger partial charge on any atom is -0.263 e. The fraction of sp³-hybridized carbons (Fsp3) is 0. The molecule has 0 spiro atoms. The first kappa shape index (κ1) is 7.77. The van der Waals surface area contributed by atoms with Crippen molar-refractivity contribution in [3.05, 3.63) is 41.0 Å². The van der Waals surface area contributed by atoms with Crippen LogP contribution in [-0.4, -0.2) is 4.98 Å². The lowest BCUT2D eigenvalue weighted by Gasteiger charge is -1.95. The van der Waals surface area contributed by atoms with Crippen molar-refractivity contribution in [2.45, 2.75) is 0 Å². The van der Waals surface area contributed by atoms with Gasteiger partial charge in [0.15, 0.2) is 0 Å². The van der Waals surface area contributed by atoms with Crippen LogP contribution in [0.3, 0.4) is 0 Å². The molecular weight excluding hydrogens is 190 g/mol. The summed E-state index contributed by atoms with van der Waals surface area (Å²) in [4.78, 5) is 5.14. The van der Waals surface area contributed by atoms with Crippen molar-refractivity contribution in [3.8, 4) is 10.4 Å². The molecule has 2 rings (SSSR count). The van der Waals surface area contributed by atoms with Gasteiger partial charge >= 0.3 is 0 Å². The molecule has 0 atom stereocenters. The van der Waals surface area contributed by atoms with E-state index in [0.29, 0.717) is 5.02 Å². The summed E-state index contributed by atoms with van der Waals surface area (Å²) in [6.45, 7) is 0. The number of pyridine rings is 1. The Kier molecular flexibility index (Phi) is 2.11. The number of hydrogen-bond acceptors (Lipinski definition) is 2. The average molecular weight is 195 g/mol. The van der Waals surface area contributed by atoms with Gasteiger partial charge in [0, 0.05) is 28.2 Å². The van der Waals surface area contributed by atoms with Crippen molar-refractivity contribution in [1.29, 1.82) is 0 Å². The van der Waals surface area contributed by atoms with Crippen molar-refractivity contribution in [2.24, 2.45) is 0 Å². The molecule has 2 aromatic rings. The highest BCUT2D eigenvalue weighted by Crippen LogP contribution is 2.25. The summed E-state index contributed by atoms with van der Waals surface area (Å²) in [6, 6.07) is 5.78. The zero-order valence-corrected chi connectivity index (χ0v) is 7.69. The zero-order chi connectivity index (χ0) is 8.39. The van der Waals surface area contributed by atoms with E-state index in [4.69, 9.17) is 11.6 Å². The minimum atomic E-state index is 0.668. The van der Waals surface area contributed by atoms with Crippen LogP contribution in [0.4, 0.5) is 0 Å². The van der Waals surface area contributed by atoms with E-state index in [1.807, 2.05) is 18.2 Å². The van der Waals surface area contributed by atoms with E-state index >= 15 is 0 Å². The molecule has 0 bridgehead atoms. The molecule has 0 saturated heterocycles. The van der Waals surface area contributed by atoms with Gasteiger partial charge in [-0.15, -0.1) is 11.3 Å². The van der Waals surface area contributed by atoms with Crippen LogP contribution in [0.5, 0.6) is 0 Å². The van der Waals surface area contributed by atoms with Gasteiger partial charge in [0.25, 0.3) is 0 Å². The van der Waals surface area contributed by atoms with Crippen LogP contribution in [0.1, 0.15) is 0 Å². The van der Waals surface area contributed by atoms with Crippen LogP contribution in [0.15, 0.2) is 30.6 Å². The Morgan fingerprint density at radius 1 is 1.42 bits per heavy atom. The summed E-state index contributed by atoms with van der Waals surface area (Å²) >= 11 is 7.35. The number of hydrogen-bond donors (Lipinski definition) is 0. The quantitative estimate of drug-likeness (QED) is 0.679. The van der Waals surface area contributed by atoms with Gasteiger partial charge in [0.05, 0.1) is 5.02 Å². The largest absolute Gasteiger partial charge is 0.263 e. The molecule has 0 unspecified atom stereocenters. The summed E-state index contributed by atoms with van der Waals surface area (Å²) in [6.07, 6.45) is 3.42. The van der Waals surface area contributed by atoms with E-state index in [9.17, 15) is 0 Å². The Bertz CT molecular complexity index is 370. The molecule has 12 heavy (non-hydrogen) atoms. The highest BCUT2D eigenvalue weighted by atomic mass is 35.5. The highest BCUT2D eigenvalue weighted by molar-refractivity contribution is 7.13. The van der Waals surface area contributed by atoms with Crippen molar-refractivity contribution in [1.82, 2.24) is 4.98 Å². The molecule has 2 aromatic heterocycles. The molecule has 0 saturated carbocycles. The summed E-state index contributed by atoms with van der Waals surface area (Å²) in [5, 5.41) is 3.69. The second-order valence-corrected chi connectivity index (χ2v) is 3.63. The molecule has 0 amide bonds. The molecule has 59 valence electrons. The Morgan fingerprint density at radius 3 is 3.00 bits per heavy atom. The van der Waals surface area contributed by atoms with Crippen LogP contribution >= 0.6 is 22.9 Å². The lowest BCUT2D eigenvalue weighted by atomic mass is 10.2. The summed E-state index contributed by atoms with van der Waals surface area (Å²) in [7, 11) is 0. The third-order valence-corrected chi connectivity index (χ3v) is 2.51. The standard InChI is InChI=1S/C9H5ClNS/c10-8-4-7(5-11-6-8)9-2-1-3-12-9/h1-2,4-6H. The second-order valence-electron chi connectivity index (χ2n) is 2.31. The van der Waals surface area contributed by atoms with Gasteiger partial charge in [-0.3, -0.25) is 4.98 Å². The van der Waals surface area contributed by atoms with E-state index in [1.165, 1.54) is 0 Å². The van der Waals surface area contributed by atoms with E-state index in [-0.39, 0.29) is 0 Å². The molecule has 0 aliphatic heterocycles. The molecule has 0 aliphatic carbocycles. The summed E-state index contributed by atoms with van der Waals surface area (Å²) < 4.78 is 0. The molecule has 0 fully saturated rings. The normalized spacial score (nSPS) is 10.1. The molecule has 0 N–H and O–H groups in total. The van der Waals surface area contributed by atoms with Gasteiger partial charge in [0.2, 0.25) is 0 Å². The van der Waals surface area contributed by atoms with Gasteiger partial charge in [-0.05, 0) is 18.2 Å². The van der Waals surface area contributed by atoms with E-state index in [2.05, 4.69) is 10.4 Å². The number of nitrogens with zero attached hydrogens (tertiary/aromatic N) is 1. The van der Waals surface area contributed by atoms with Crippen LogP contribution < -0.4 is 0 Å². The zero-order valence-electron chi connectivity index (χ0n) is 6.12. The Hall–Kier alpha value is -0.860. The molecule has 1 nitrogen and oxygen atoms in total. The highest BCUT2D eigenvalue weighted by Gasteiger charge is 1.98. The predicted molar refractivity (Wildman–Crippen MR) is 51.4 cm³/mol. The Balaban J connectivity index is 2.48. The summed E-state index contributed by atoms with van der Waals surface area (Å²) in [5.74, 6) is 0. The summed E-state index contributed by atoms with van der Waals surface area (Å²) in [5.41, 5.74) is 1.05. The predicted octanol–water partition coefficient (Wildman–Crippen LogP) is 3.26. The van der Waals surface area contributed by atoms with Crippen molar-refractivity contribution >= 4 is 22.9 Å². The van der Waals surface area contributed by atoms with Gasteiger partial charge in [0.1, 0.15) is 0 Å². The third-order valence-electron chi connectivity index (χ3n) is 1.46. The molecule has 0 aromatic carbocycles. The number of halogens is 1. The number of aromatic nitrogens is 1. The van der Waals surface area contributed by atoms with Gasteiger partial charge < -0.3 is 0 Å².